The number of hydrogen-bond donors (Lipinski definition) is 2. The maximum absolute atomic E-state index is 5.92. The Labute approximate surface area is 104 Å². The zero-order valence-corrected chi connectivity index (χ0v) is 9.63. The molecular weight excluding hydrogens is 228 g/mol. The van der Waals surface area contributed by atoms with Crippen LogP contribution in [0.15, 0.2) is 47.3 Å². The van der Waals surface area contributed by atoms with Gasteiger partial charge in [0.25, 0.3) is 0 Å². The number of anilines is 2. The van der Waals surface area contributed by atoms with Gasteiger partial charge in [-0.15, -0.1) is 0 Å². The van der Waals surface area contributed by atoms with Gasteiger partial charge in [-0.25, -0.2) is 0 Å². The van der Waals surface area contributed by atoms with Gasteiger partial charge in [-0.1, -0.05) is 5.16 Å². The van der Waals surface area contributed by atoms with Gasteiger partial charge in [0.1, 0.15) is 12.0 Å². The molecule has 18 heavy (non-hydrogen) atoms. The molecule has 0 bridgehead atoms. The second-order valence-electron chi connectivity index (χ2n) is 3.95. The van der Waals surface area contributed by atoms with Gasteiger partial charge in [-0.3, -0.25) is 4.98 Å². The standard InChI is InChI=1S/C13H12N4O/c14-11-3-4-12(13-10(11)2-1-6-15-13)16-8-9-5-7-18-17-9/h1-7,16H,8,14H2. The van der Waals surface area contributed by atoms with E-state index in [4.69, 9.17) is 10.3 Å². The summed E-state index contributed by atoms with van der Waals surface area (Å²) in [4.78, 5) is 4.36. The Morgan fingerprint density at radius 2 is 2.17 bits per heavy atom. The minimum atomic E-state index is 0.589. The Hall–Kier alpha value is -2.56. The average Bonchev–Trinajstić information content (AvgIpc) is 2.92. The molecule has 0 saturated heterocycles. The predicted octanol–water partition coefficient (Wildman–Crippen LogP) is 2.42. The Morgan fingerprint density at radius 1 is 1.22 bits per heavy atom. The number of benzene rings is 1. The van der Waals surface area contributed by atoms with Crippen molar-refractivity contribution in [2.24, 2.45) is 0 Å². The van der Waals surface area contributed by atoms with E-state index < -0.39 is 0 Å². The molecule has 3 aromatic rings. The first-order valence-electron chi connectivity index (χ1n) is 5.61. The molecule has 1 aromatic carbocycles. The molecule has 0 unspecified atom stereocenters. The molecule has 3 N–H and O–H groups in total. The van der Waals surface area contributed by atoms with E-state index in [1.54, 1.807) is 12.5 Å². The Bertz CT molecular complexity index is 664. The summed E-state index contributed by atoms with van der Waals surface area (Å²) < 4.78 is 4.78. The molecule has 3 rings (SSSR count). The van der Waals surface area contributed by atoms with Gasteiger partial charge >= 0.3 is 0 Å². The SMILES string of the molecule is Nc1ccc(NCc2ccon2)c2ncccc12. The Balaban J connectivity index is 1.94. The minimum absolute atomic E-state index is 0.589. The fraction of sp³-hybridized carbons (Fsp3) is 0.0769. The van der Waals surface area contributed by atoms with E-state index in [1.165, 1.54) is 0 Å². The van der Waals surface area contributed by atoms with Crippen molar-refractivity contribution in [3.05, 3.63) is 48.5 Å². The second kappa shape index (κ2) is 4.37. The zero-order valence-electron chi connectivity index (χ0n) is 9.63. The Morgan fingerprint density at radius 3 is 3.00 bits per heavy atom. The van der Waals surface area contributed by atoms with Crippen molar-refractivity contribution < 1.29 is 4.52 Å². The third-order valence-electron chi connectivity index (χ3n) is 2.75. The van der Waals surface area contributed by atoms with Crippen molar-refractivity contribution in [1.29, 1.82) is 0 Å². The first-order valence-corrected chi connectivity index (χ1v) is 5.61. The largest absolute Gasteiger partial charge is 0.398 e. The molecule has 0 saturated carbocycles. The molecule has 0 amide bonds. The summed E-state index contributed by atoms with van der Waals surface area (Å²) in [6.07, 6.45) is 3.30. The summed E-state index contributed by atoms with van der Waals surface area (Å²) in [5.74, 6) is 0. The normalized spacial score (nSPS) is 10.7. The van der Waals surface area contributed by atoms with Crippen LogP contribution in [0.2, 0.25) is 0 Å². The second-order valence-corrected chi connectivity index (χ2v) is 3.95. The van der Waals surface area contributed by atoms with Gasteiger partial charge in [0.05, 0.1) is 17.7 Å². The van der Waals surface area contributed by atoms with Gasteiger partial charge in [-0.2, -0.15) is 0 Å². The van der Waals surface area contributed by atoms with Gasteiger partial charge < -0.3 is 15.6 Å². The smallest absolute Gasteiger partial charge is 0.124 e. The number of pyridine rings is 1. The van der Waals surface area contributed by atoms with Crippen molar-refractivity contribution in [3.63, 3.8) is 0 Å². The van der Waals surface area contributed by atoms with E-state index in [-0.39, 0.29) is 0 Å². The van der Waals surface area contributed by atoms with Crippen molar-refractivity contribution >= 4 is 22.3 Å². The van der Waals surface area contributed by atoms with Crippen molar-refractivity contribution in [2.75, 3.05) is 11.1 Å². The van der Waals surface area contributed by atoms with Crippen LogP contribution >= 0.6 is 0 Å². The maximum Gasteiger partial charge on any atom is 0.124 e. The molecule has 0 atom stereocenters. The van der Waals surface area contributed by atoms with E-state index >= 15 is 0 Å². The molecular formula is C13H12N4O. The number of nitrogens with one attached hydrogen (secondary N) is 1. The quantitative estimate of drug-likeness (QED) is 0.687. The van der Waals surface area contributed by atoms with Crippen LogP contribution in [0.25, 0.3) is 10.9 Å². The van der Waals surface area contributed by atoms with Crippen LogP contribution < -0.4 is 11.1 Å². The highest BCUT2D eigenvalue weighted by atomic mass is 16.5. The molecule has 0 aliphatic heterocycles. The van der Waals surface area contributed by atoms with Gasteiger partial charge in [0.15, 0.2) is 0 Å². The maximum atomic E-state index is 5.92. The number of hydrogen-bond acceptors (Lipinski definition) is 5. The lowest BCUT2D eigenvalue weighted by molar-refractivity contribution is 0.412. The molecule has 0 aliphatic carbocycles. The summed E-state index contributed by atoms with van der Waals surface area (Å²) in [5.41, 5.74) is 9.29. The first-order chi connectivity index (χ1) is 8.84. The average molecular weight is 240 g/mol. The van der Waals surface area contributed by atoms with Crippen LogP contribution in [0.4, 0.5) is 11.4 Å². The lowest BCUT2D eigenvalue weighted by Crippen LogP contribution is -2.01. The topological polar surface area (TPSA) is 77.0 Å². The third kappa shape index (κ3) is 1.86. The number of aromatic nitrogens is 2. The first kappa shape index (κ1) is 10.6. The van der Waals surface area contributed by atoms with Crippen LogP contribution in [-0.2, 0) is 6.54 Å². The lowest BCUT2D eigenvalue weighted by atomic mass is 10.1. The fourth-order valence-corrected chi connectivity index (χ4v) is 1.85. The predicted molar refractivity (Wildman–Crippen MR) is 70.0 cm³/mol. The van der Waals surface area contributed by atoms with Crippen molar-refractivity contribution in [2.45, 2.75) is 6.54 Å². The van der Waals surface area contributed by atoms with Crippen LogP contribution in [0.3, 0.4) is 0 Å². The summed E-state index contributed by atoms with van der Waals surface area (Å²) in [6.45, 7) is 0.589. The molecule has 0 fully saturated rings. The fourth-order valence-electron chi connectivity index (χ4n) is 1.85. The van der Waals surface area contributed by atoms with Crippen LogP contribution in [-0.4, -0.2) is 10.1 Å². The van der Waals surface area contributed by atoms with Crippen LogP contribution in [0.1, 0.15) is 5.69 Å². The lowest BCUT2D eigenvalue weighted by Gasteiger charge is -2.09. The summed E-state index contributed by atoms with van der Waals surface area (Å²) in [6, 6.07) is 9.44. The number of rotatable bonds is 3. The number of nitrogens with two attached hydrogens (primary N) is 1. The summed E-state index contributed by atoms with van der Waals surface area (Å²) in [5, 5.41) is 8.07. The highest BCUT2D eigenvalue weighted by molar-refractivity contribution is 5.98. The zero-order chi connectivity index (χ0) is 12.4. The van der Waals surface area contributed by atoms with E-state index in [9.17, 15) is 0 Å². The summed E-state index contributed by atoms with van der Waals surface area (Å²) in [7, 11) is 0. The van der Waals surface area contributed by atoms with E-state index in [2.05, 4.69) is 15.5 Å². The molecule has 5 nitrogen and oxygen atoms in total. The Kier molecular flexibility index (Phi) is 2.57. The number of nitrogen functional groups attached to an aromatic ring is 1. The molecule has 0 spiro atoms. The highest BCUT2D eigenvalue weighted by Gasteiger charge is 2.05. The van der Waals surface area contributed by atoms with Gasteiger partial charge in [0.2, 0.25) is 0 Å². The molecule has 2 aromatic heterocycles. The number of fused-ring (bicyclic) bond motifs is 1. The minimum Gasteiger partial charge on any atom is -0.398 e. The van der Waals surface area contributed by atoms with E-state index in [0.717, 1.165) is 28.0 Å². The third-order valence-corrected chi connectivity index (χ3v) is 2.75. The molecule has 90 valence electrons. The molecule has 2 heterocycles. The number of nitrogens with zero attached hydrogens (tertiary/aromatic N) is 2. The van der Waals surface area contributed by atoms with E-state index in [1.807, 2.05) is 30.3 Å². The summed E-state index contributed by atoms with van der Waals surface area (Å²) >= 11 is 0. The van der Waals surface area contributed by atoms with Crippen molar-refractivity contribution in [3.8, 4) is 0 Å². The molecule has 0 aliphatic rings. The van der Waals surface area contributed by atoms with Crippen LogP contribution in [0, 0.1) is 0 Å². The van der Waals surface area contributed by atoms with Crippen LogP contribution in [0.5, 0.6) is 0 Å². The highest BCUT2D eigenvalue weighted by Crippen LogP contribution is 2.26. The monoisotopic (exact) mass is 240 g/mol. The van der Waals surface area contributed by atoms with Crippen molar-refractivity contribution in [1.82, 2.24) is 10.1 Å². The van der Waals surface area contributed by atoms with E-state index in [0.29, 0.717) is 6.54 Å². The molecule has 0 radical (unpaired) electrons. The van der Waals surface area contributed by atoms with Gasteiger partial charge in [0, 0.05) is 23.3 Å². The van der Waals surface area contributed by atoms with Gasteiger partial charge in [-0.05, 0) is 24.3 Å². The molecule has 5 heteroatoms.